The van der Waals surface area contributed by atoms with E-state index in [0.29, 0.717) is 12.2 Å². The van der Waals surface area contributed by atoms with Crippen molar-refractivity contribution in [3.05, 3.63) is 59.3 Å². The fourth-order valence-electron chi connectivity index (χ4n) is 4.71. The van der Waals surface area contributed by atoms with Gasteiger partial charge in [0.05, 0.1) is 40.7 Å². The van der Waals surface area contributed by atoms with Gasteiger partial charge in [-0.15, -0.1) is 0 Å². The second-order valence-corrected chi connectivity index (χ2v) is 10.3. The SMILES string of the molecule is N#CCn1cc(-c2cnc3c(Nc4ccc(C(=O)NCCNCC(=O)NC5CCNC5)c(Cl)c4)nccn23)c(C(F)(F)F)n1. The molecule has 5 rings (SSSR count). The molecule has 1 atom stereocenters. The number of anilines is 2. The van der Waals surface area contributed by atoms with Crippen molar-refractivity contribution in [2.45, 2.75) is 25.2 Å². The molecule has 1 fully saturated rings. The Morgan fingerprint density at radius 1 is 1.23 bits per heavy atom. The Balaban J connectivity index is 1.22. The van der Waals surface area contributed by atoms with E-state index in [9.17, 15) is 22.8 Å². The van der Waals surface area contributed by atoms with Crippen LogP contribution in [0.2, 0.25) is 5.02 Å². The lowest BCUT2D eigenvalue weighted by atomic mass is 10.2. The molecule has 0 bridgehead atoms. The average Bonchev–Trinajstić information content (AvgIpc) is 3.73. The van der Waals surface area contributed by atoms with E-state index >= 15 is 0 Å². The molecule has 4 aromatic rings. The molecule has 5 N–H and O–H groups in total. The first kappa shape index (κ1) is 30.7. The topological polar surface area (TPSA) is 166 Å². The summed E-state index contributed by atoms with van der Waals surface area (Å²) in [5.74, 6) is -0.282. The molecule has 1 aromatic carbocycles. The minimum absolute atomic E-state index is 0.105. The van der Waals surface area contributed by atoms with E-state index in [1.54, 1.807) is 12.1 Å². The summed E-state index contributed by atoms with van der Waals surface area (Å²) < 4.78 is 43.5. The van der Waals surface area contributed by atoms with Crippen molar-refractivity contribution >= 4 is 40.6 Å². The molecule has 13 nitrogen and oxygen atoms in total. The van der Waals surface area contributed by atoms with Gasteiger partial charge in [0, 0.05) is 50.0 Å². The Morgan fingerprint density at radius 2 is 2.07 bits per heavy atom. The fraction of sp³-hybridized carbons (Fsp3) is 0.333. The van der Waals surface area contributed by atoms with Crippen molar-refractivity contribution in [3.8, 4) is 17.3 Å². The average molecular weight is 630 g/mol. The third kappa shape index (κ3) is 7.08. The van der Waals surface area contributed by atoms with E-state index in [-0.39, 0.29) is 64.9 Å². The van der Waals surface area contributed by atoms with Gasteiger partial charge in [0.15, 0.2) is 17.2 Å². The standard InChI is InChI=1S/C27H27ClF3N11O2/c28-20-11-16(1-2-18(20)26(44)36-7-6-34-14-22(43)38-17-3-5-33-12-17)39-24-25-37-13-21(42(25)10-8-35-24)19-15-41(9-4-32)40-23(19)27(29,30)31/h1-2,8,10-11,13,15,17,33-34H,3,5-7,9,12,14H2,(H,35,39)(H,36,44)(H,38,43). The van der Waals surface area contributed by atoms with Gasteiger partial charge in [0.1, 0.15) is 6.54 Å². The van der Waals surface area contributed by atoms with Crippen molar-refractivity contribution in [2.75, 3.05) is 38.0 Å². The van der Waals surface area contributed by atoms with Crippen molar-refractivity contribution in [2.24, 2.45) is 0 Å². The van der Waals surface area contributed by atoms with Crippen molar-refractivity contribution in [3.63, 3.8) is 0 Å². The largest absolute Gasteiger partial charge is 0.435 e. The monoisotopic (exact) mass is 629 g/mol. The smallest absolute Gasteiger partial charge is 0.351 e. The van der Waals surface area contributed by atoms with Gasteiger partial charge < -0.3 is 26.6 Å². The predicted molar refractivity (Wildman–Crippen MR) is 154 cm³/mol. The van der Waals surface area contributed by atoms with Crippen LogP contribution in [-0.2, 0) is 17.5 Å². The molecule has 4 heterocycles. The first-order valence-electron chi connectivity index (χ1n) is 13.5. The van der Waals surface area contributed by atoms with Gasteiger partial charge in [-0.2, -0.15) is 23.5 Å². The summed E-state index contributed by atoms with van der Waals surface area (Å²) >= 11 is 6.39. The lowest BCUT2D eigenvalue weighted by molar-refractivity contribution is -0.141. The number of fused-ring (bicyclic) bond motifs is 1. The van der Waals surface area contributed by atoms with Gasteiger partial charge >= 0.3 is 6.18 Å². The van der Waals surface area contributed by atoms with Crippen LogP contribution in [0.25, 0.3) is 16.9 Å². The number of nitrogens with zero attached hydrogens (tertiary/aromatic N) is 6. The molecule has 1 aliphatic heterocycles. The van der Waals surface area contributed by atoms with Crippen LogP contribution in [0.1, 0.15) is 22.5 Å². The summed E-state index contributed by atoms with van der Waals surface area (Å²) in [6.07, 6.45) is 1.41. The summed E-state index contributed by atoms with van der Waals surface area (Å²) in [4.78, 5) is 33.1. The minimum atomic E-state index is -4.75. The molecule has 0 radical (unpaired) electrons. The number of carbonyl (C=O) groups excluding carboxylic acids is 2. The molecule has 3 aromatic heterocycles. The van der Waals surface area contributed by atoms with Gasteiger partial charge in [-0.1, -0.05) is 11.6 Å². The number of nitriles is 1. The molecule has 0 aliphatic carbocycles. The number of hydrogen-bond donors (Lipinski definition) is 5. The Morgan fingerprint density at radius 3 is 2.80 bits per heavy atom. The first-order valence-corrected chi connectivity index (χ1v) is 13.9. The molecule has 0 saturated carbocycles. The second-order valence-electron chi connectivity index (χ2n) is 9.87. The molecule has 1 aliphatic rings. The summed E-state index contributed by atoms with van der Waals surface area (Å²) in [7, 11) is 0. The molecular weight excluding hydrogens is 603 g/mol. The summed E-state index contributed by atoms with van der Waals surface area (Å²) in [6, 6.07) is 6.55. The van der Waals surface area contributed by atoms with E-state index in [1.807, 2.05) is 0 Å². The number of nitrogens with one attached hydrogen (secondary N) is 5. The predicted octanol–water partition coefficient (Wildman–Crippen LogP) is 2.33. The number of rotatable bonds is 11. The molecule has 44 heavy (non-hydrogen) atoms. The van der Waals surface area contributed by atoms with Crippen molar-refractivity contribution in [1.29, 1.82) is 5.26 Å². The molecule has 0 spiro atoms. The van der Waals surface area contributed by atoms with E-state index in [0.717, 1.165) is 30.4 Å². The molecular formula is C27H27ClF3N11O2. The Hall–Kier alpha value is -4.72. The highest BCUT2D eigenvalue weighted by atomic mass is 35.5. The molecule has 230 valence electrons. The lowest BCUT2D eigenvalue weighted by Crippen LogP contribution is -2.42. The lowest BCUT2D eigenvalue weighted by Gasteiger charge is -2.12. The van der Waals surface area contributed by atoms with E-state index in [2.05, 4.69) is 41.7 Å². The van der Waals surface area contributed by atoms with Gasteiger partial charge in [0.2, 0.25) is 5.91 Å². The number of benzene rings is 1. The maximum Gasteiger partial charge on any atom is 0.435 e. The molecule has 1 unspecified atom stereocenters. The van der Waals surface area contributed by atoms with Crippen LogP contribution in [0, 0.1) is 11.3 Å². The quantitative estimate of drug-likeness (QED) is 0.157. The van der Waals surface area contributed by atoms with Crippen molar-refractivity contribution < 1.29 is 22.8 Å². The molecule has 2 amide bonds. The van der Waals surface area contributed by atoms with Gasteiger partial charge in [-0.3, -0.25) is 18.7 Å². The van der Waals surface area contributed by atoms with E-state index in [4.69, 9.17) is 16.9 Å². The van der Waals surface area contributed by atoms with Crippen LogP contribution < -0.4 is 26.6 Å². The fourth-order valence-corrected chi connectivity index (χ4v) is 4.98. The van der Waals surface area contributed by atoms with Crippen LogP contribution in [0.4, 0.5) is 24.7 Å². The number of hydrogen-bond acceptors (Lipinski definition) is 9. The zero-order valence-corrected chi connectivity index (χ0v) is 23.8. The Labute approximate surface area is 253 Å². The highest BCUT2D eigenvalue weighted by Gasteiger charge is 2.38. The summed E-state index contributed by atoms with van der Waals surface area (Å²) in [5, 5.41) is 27.5. The minimum Gasteiger partial charge on any atom is -0.351 e. The maximum atomic E-state index is 13.7. The number of carbonyl (C=O) groups is 2. The first-order chi connectivity index (χ1) is 21.1. The Kier molecular flexibility index (Phi) is 9.28. The number of amides is 2. The van der Waals surface area contributed by atoms with Crippen LogP contribution in [0.15, 0.2) is 43.0 Å². The third-order valence-electron chi connectivity index (χ3n) is 6.74. The third-order valence-corrected chi connectivity index (χ3v) is 7.05. The number of imidazole rings is 1. The normalized spacial score (nSPS) is 14.8. The zero-order chi connectivity index (χ0) is 31.3. The van der Waals surface area contributed by atoms with Gasteiger partial charge in [0.25, 0.3) is 5.91 Å². The number of alkyl halides is 3. The Bertz CT molecular complexity index is 1710. The van der Waals surface area contributed by atoms with Crippen LogP contribution in [0.3, 0.4) is 0 Å². The van der Waals surface area contributed by atoms with E-state index in [1.165, 1.54) is 35.1 Å². The highest BCUT2D eigenvalue weighted by Crippen LogP contribution is 2.37. The second kappa shape index (κ2) is 13.3. The number of aromatic nitrogens is 5. The van der Waals surface area contributed by atoms with Crippen LogP contribution in [0.5, 0.6) is 0 Å². The van der Waals surface area contributed by atoms with E-state index < -0.39 is 17.8 Å². The molecule has 17 heteroatoms. The summed E-state index contributed by atoms with van der Waals surface area (Å²) in [5.41, 5.74) is -0.363. The zero-order valence-electron chi connectivity index (χ0n) is 23.1. The maximum absolute atomic E-state index is 13.7. The number of halogens is 4. The van der Waals surface area contributed by atoms with Crippen LogP contribution >= 0.6 is 11.6 Å². The van der Waals surface area contributed by atoms with Gasteiger partial charge in [-0.25, -0.2) is 9.97 Å². The highest BCUT2D eigenvalue weighted by molar-refractivity contribution is 6.34. The van der Waals surface area contributed by atoms with Gasteiger partial charge in [-0.05, 0) is 31.2 Å². The molecule has 1 saturated heterocycles. The van der Waals surface area contributed by atoms with Crippen molar-refractivity contribution in [1.82, 2.24) is 45.4 Å². The summed E-state index contributed by atoms with van der Waals surface area (Å²) in [6.45, 7) is 2.09. The van der Waals surface area contributed by atoms with Crippen LogP contribution in [-0.4, -0.2) is 74.7 Å².